The molecule has 0 aliphatic heterocycles. The Kier molecular flexibility index (Phi) is 3.45. The van der Waals surface area contributed by atoms with Crippen LogP contribution in [-0.4, -0.2) is 35.6 Å². The summed E-state index contributed by atoms with van der Waals surface area (Å²) in [4.78, 5) is 13.7. The van der Waals surface area contributed by atoms with Gasteiger partial charge in [-0.15, -0.1) is 11.3 Å². The minimum absolute atomic E-state index is 0.0386. The van der Waals surface area contributed by atoms with E-state index in [4.69, 9.17) is 0 Å². The molecule has 1 unspecified atom stereocenters. The summed E-state index contributed by atoms with van der Waals surface area (Å²) in [5, 5.41) is 12.2. The van der Waals surface area contributed by atoms with Crippen LogP contribution in [0.5, 0.6) is 0 Å². The Morgan fingerprint density at radius 1 is 1.47 bits per heavy atom. The molecule has 1 aromatic heterocycles. The Labute approximate surface area is 104 Å². The number of likely N-dealkylation sites (N-methyl/N-ethyl adjacent to an activating group) is 1. The number of thiophene rings is 1. The summed E-state index contributed by atoms with van der Waals surface area (Å²) < 4.78 is 1.11. The van der Waals surface area contributed by atoms with E-state index in [1.807, 2.05) is 29.6 Å². The van der Waals surface area contributed by atoms with Crippen molar-refractivity contribution >= 4 is 27.3 Å². The van der Waals surface area contributed by atoms with Crippen molar-refractivity contribution in [2.45, 2.75) is 13.0 Å². The lowest BCUT2D eigenvalue weighted by Gasteiger charge is -2.18. The van der Waals surface area contributed by atoms with Crippen LogP contribution in [0.2, 0.25) is 0 Å². The first kappa shape index (κ1) is 12.1. The molecule has 2 aromatic rings. The molecule has 90 valence electrons. The van der Waals surface area contributed by atoms with Gasteiger partial charge in [-0.1, -0.05) is 18.2 Å². The molecule has 2 rings (SSSR count). The van der Waals surface area contributed by atoms with Crippen LogP contribution >= 0.6 is 11.3 Å². The van der Waals surface area contributed by atoms with Gasteiger partial charge in [-0.2, -0.15) is 0 Å². The minimum Gasteiger partial charge on any atom is -0.392 e. The number of hydrogen-bond acceptors (Lipinski definition) is 3. The molecule has 0 saturated heterocycles. The van der Waals surface area contributed by atoms with E-state index in [1.165, 1.54) is 0 Å². The summed E-state index contributed by atoms with van der Waals surface area (Å²) in [7, 11) is 1.71. The molecule has 1 amide bonds. The maximum atomic E-state index is 12.2. The highest BCUT2D eigenvalue weighted by Crippen LogP contribution is 2.26. The lowest BCUT2D eigenvalue weighted by Crippen LogP contribution is -2.32. The standard InChI is InChI=1S/C13H15NO2S/c1-9(15)7-14(2)13(16)11-8-17-12-6-4-3-5-10(11)12/h3-6,8-9,15H,7H2,1-2H3. The van der Waals surface area contributed by atoms with Gasteiger partial charge in [0.2, 0.25) is 0 Å². The number of carbonyl (C=O) groups is 1. The van der Waals surface area contributed by atoms with Gasteiger partial charge in [0.25, 0.3) is 5.91 Å². The second-order valence-electron chi connectivity index (χ2n) is 4.18. The molecule has 0 spiro atoms. The fourth-order valence-electron chi connectivity index (χ4n) is 1.83. The molecule has 0 fully saturated rings. The molecule has 1 N–H and O–H groups in total. The van der Waals surface area contributed by atoms with E-state index in [-0.39, 0.29) is 5.91 Å². The predicted octanol–water partition coefficient (Wildman–Crippen LogP) is 2.35. The summed E-state index contributed by atoms with van der Waals surface area (Å²) in [5.41, 5.74) is 0.716. The molecule has 0 aliphatic rings. The summed E-state index contributed by atoms with van der Waals surface area (Å²) in [5.74, 6) is -0.0386. The number of benzene rings is 1. The van der Waals surface area contributed by atoms with Crippen LogP contribution in [0.25, 0.3) is 10.1 Å². The van der Waals surface area contributed by atoms with E-state index in [0.717, 1.165) is 10.1 Å². The smallest absolute Gasteiger partial charge is 0.255 e. The van der Waals surface area contributed by atoms with Gasteiger partial charge in [-0.25, -0.2) is 0 Å². The molecule has 3 nitrogen and oxygen atoms in total. The van der Waals surface area contributed by atoms with Crippen LogP contribution in [0.15, 0.2) is 29.6 Å². The van der Waals surface area contributed by atoms with Crippen LogP contribution in [0.1, 0.15) is 17.3 Å². The topological polar surface area (TPSA) is 40.5 Å². The Morgan fingerprint density at radius 3 is 2.88 bits per heavy atom. The molecule has 0 aliphatic carbocycles. The van der Waals surface area contributed by atoms with Crippen molar-refractivity contribution in [3.05, 3.63) is 35.2 Å². The monoisotopic (exact) mass is 249 g/mol. The van der Waals surface area contributed by atoms with Crippen LogP contribution in [0, 0.1) is 0 Å². The van der Waals surface area contributed by atoms with Gasteiger partial charge in [-0.3, -0.25) is 4.79 Å². The zero-order chi connectivity index (χ0) is 12.4. The minimum atomic E-state index is -0.506. The van der Waals surface area contributed by atoms with Gasteiger partial charge >= 0.3 is 0 Å². The summed E-state index contributed by atoms with van der Waals surface area (Å²) in [6.45, 7) is 2.03. The van der Waals surface area contributed by atoms with E-state index < -0.39 is 6.10 Å². The van der Waals surface area contributed by atoms with Crippen molar-refractivity contribution in [3.8, 4) is 0 Å². The summed E-state index contributed by atoms with van der Waals surface area (Å²) >= 11 is 1.57. The van der Waals surface area contributed by atoms with Gasteiger partial charge in [0.1, 0.15) is 0 Å². The highest BCUT2D eigenvalue weighted by molar-refractivity contribution is 7.17. The van der Waals surface area contributed by atoms with Crippen LogP contribution in [-0.2, 0) is 0 Å². The molecule has 4 heteroatoms. The van der Waals surface area contributed by atoms with Crippen LogP contribution < -0.4 is 0 Å². The van der Waals surface area contributed by atoms with Gasteiger partial charge in [0.05, 0.1) is 11.7 Å². The number of fused-ring (bicyclic) bond motifs is 1. The Bertz CT molecular complexity index is 533. The SMILES string of the molecule is CC(O)CN(C)C(=O)c1csc2ccccc12. The molecule has 1 heterocycles. The van der Waals surface area contributed by atoms with E-state index in [9.17, 15) is 9.90 Å². The first-order chi connectivity index (χ1) is 8.09. The molecule has 1 aromatic carbocycles. The normalized spacial score (nSPS) is 12.6. The maximum Gasteiger partial charge on any atom is 0.255 e. The second kappa shape index (κ2) is 4.85. The zero-order valence-electron chi connectivity index (χ0n) is 9.88. The van der Waals surface area contributed by atoms with E-state index in [0.29, 0.717) is 12.1 Å². The number of aliphatic hydroxyl groups excluding tert-OH is 1. The van der Waals surface area contributed by atoms with Gasteiger partial charge in [-0.05, 0) is 13.0 Å². The van der Waals surface area contributed by atoms with Gasteiger partial charge in [0.15, 0.2) is 0 Å². The van der Waals surface area contributed by atoms with Gasteiger partial charge < -0.3 is 10.0 Å². The fourth-order valence-corrected chi connectivity index (χ4v) is 2.76. The molecular weight excluding hydrogens is 234 g/mol. The maximum absolute atomic E-state index is 12.2. The van der Waals surface area contributed by atoms with Crippen molar-refractivity contribution < 1.29 is 9.90 Å². The predicted molar refractivity (Wildman–Crippen MR) is 70.5 cm³/mol. The molecule has 0 saturated carbocycles. The number of amides is 1. The Hall–Kier alpha value is -1.39. The number of rotatable bonds is 3. The van der Waals surface area contributed by atoms with Crippen molar-refractivity contribution in [1.82, 2.24) is 4.90 Å². The number of nitrogens with zero attached hydrogens (tertiary/aromatic N) is 1. The molecular formula is C13H15NO2S. The molecule has 0 bridgehead atoms. The van der Waals surface area contributed by atoms with Crippen molar-refractivity contribution in [2.75, 3.05) is 13.6 Å². The Morgan fingerprint density at radius 2 is 2.18 bits per heavy atom. The molecule has 0 radical (unpaired) electrons. The van der Waals surface area contributed by atoms with Crippen LogP contribution in [0.3, 0.4) is 0 Å². The lowest BCUT2D eigenvalue weighted by molar-refractivity contribution is 0.0706. The largest absolute Gasteiger partial charge is 0.392 e. The average Bonchev–Trinajstić information content (AvgIpc) is 2.70. The number of aliphatic hydroxyl groups is 1. The average molecular weight is 249 g/mol. The van der Waals surface area contributed by atoms with E-state index >= 15 is 0 Å². The first-order valence-electron chi connectivity index (χ1n) is 5.49. The second-order valence-corrected chi connectivity index (χ2v) is 5.09. The highest BCUT2D eigenvalue weighted by atomic mass is 32.1. The van der Waals surface area contributed by atoms with Crippen molar-refractivity contribution in [3.63, 3.8) is 0 Å². The van der Waals surface area contributed by atoms with Gasteiger partial charge in [0, 0.05) is 29.1 Å². The lowest BCUT2D eigenvalue weighted by atomic mass is 10.1. The molecule has 17 heavy (non-hydrogen) atoms. The fraction of sp³-hybridized carbons (Fsp3) is 0.308. The Balaban J connectivity index is 2.30. The van der Waals surface area contributed by atoms with Crippen molar-refractivity contribution in [2.24, 2.45) is 0 Å². The number of carbonyl (C=O) groups excluding carboxylic acids is 1. The third-order valence-electron chi connectivity index (χ3n) is 2.60. The summed E-state index contributed by atoms with van der Waals surface area (Å²) in [6.07, 6.45) is -0.506. The van der Waals surface area contributed by atoms with Crippen molar-refractivity contribution in [1.29, 1.82) is 0 Å². The quantitative estimate of drug-likeness (QED) is 0.907. The zero-order valence-corrected chi connectivity index (χ0v) is 10.7. The third-order valence-corrected chi connectivity index (χ3v) is 3.56. The third kappa shape index (κ3) is 2.48. The van der Waals surface area contributed by atoms with Crippen LogP contribution in [0.4, 0.5) is 0 Å². The first-order valence-corrected chi connectivity index (χ1v) is 6.37. The van der Waals surface area contributed by atoms with E-state index in [1.54, 1.807) is 30.2 Å². The summed E-state index contributed by atoms with van der Waals surface area (Å²) in [6, 6.07) is 7.85. The number of hydrogen-bond donors (Lipinski definition) is 1. The highest BCUT2D eigenvalue weighted by Gasteiger charge is 2.16. The molecule has 1 atom stereocenters. The van der Waals surface area contributed by atoms with E-state index in [2.05, 4.69) is 0 Å².